The standard InChI is InChI=1S/C19H17FN6O3/c1-26(2)19-22-17(29-25-19)11-5-10(6-12(20)7-11)9-21-13-3-4-15-14(8-13)16(18(27)28)24-23-15/h3-8,21H,9H2,1-2H3,(H,23,24)(H,27,28). The van der Waals surface area contributed by atoms with Crippen molar-refractivity contribution in [2.45, 2.75) is 6.54 Å². The summed E-state index contributed by atoms with van der Waals surface area (Å²) < 4.78 is 19.3. The van der Waals surface area contributed by atoms with Crippen LogP contribution in [-0.4, -0.2) is 45.5 Å². The topological polar surface area (TPSA) is 120 Å². The predicted octanol–water partition coefficient (Wildman–Crippen LogP) is 3.13. The summed E-state index contributed by atoms with van der Waals surface area (Å²) >= 11 is 0. The van der Waals surface area contributed by atoms with Crippen LogP contribution in [0, 0.1) is 5.82 Å². The maximum atomic E-state index is 14.1. The fourth-order valence-electron chi connectivity index (χ4n) is 2.88. The van der Waals surface area contributed by atoms with Gasteiger partial charge >= 0.3 is 5.97 Å². The van der Waals surface area contributed by atoms with Gasteiger partial charge in [0.2, 0.25) is 0 Å². The van der Waals surface area contributed by atoms with Gasteiger partial charge in [-0.2, -0.15) is 10.1 Å². The lowest BCUT2D eigenvalue weighted by molar-refractivity contribution is 0.0692. The molecule has 2 aromatic carbocycles. The lowest BCUT2D eigenvalue weighted by Crippen LogP contribution is -2.10. The number of hydrogen-bond acceptors (Lipinski definition) is 7. The van der Waals surface area contributed by atoms with E-state index in [9.17, 15) is 14.3 Å². The molecule has 2 aromatic heterocycles. The van der Waals surface area contributed by atoms with Crippen molar-refractivity contribution in [1.29, 1.82) is 0 Å². The Morgan fingerprint density at radius 1 is 1.28 bits per heavy atom. The number of carboxylic acid groups (broad SMARTS) is 1. The van der Waals surface area contributed by atoms with Gasteiger partial charge in [-0.25, -0.2) is 9.18 Å². The summed E-state index contributed by atoms with van der Waals surface area (Å²) in [4.78, 5) is 17.2. The highest BCUT2D eigenvalue weighted by Crippen LogP contribution is 2.24. The van der Waals surface area contributed by atoms with Gasteiger partial charge in [0, 0.05) is 37.3 Å². The molecule has 0 fully saturated rings. The van der Waals surface area contributed by atoms with E-state index >= 15 is 0 Å². The molecule has 148 valence electrons. The number of aromatic carboxylic acids is 1. The summed E-state index contributed by atoms with van der Waals surface area (Å²) in [6.45, 7) is 0.311. The largest absolute Gasteiger partial charge is 0.476 e. The molecule has 0 aliphatic rings. The molecule has 0 aliphatic carbocycles. The van der Waals surface area contributed by atoms with Crippen LogP contribution in [0.2, 0.25) is 0 Å². The number of anilines is 2. The second-order valence-corrected chi connectivity index (χ2v) is 6.63. The lowest BCUT2D eigenvalue weighted by Gasteiger charge is -2.08. The van der Waals surface area contributed by atoms with Crippen LogP contribution in [0.3, 0.4) is 0 Å². The van der Waals surface area contributed by atoms with E-state index < -0.39 is 11.8 Å². The van der Waals surface area contributed by atoms with Crippen molar-refractivity contribution >= 4 is 28.5 Å². The molecule has 2 heterocycles. The quantitative estimate of drug-likeness (QED) is 0.455. The third-order valence-electron chi connectivity index (χ3n) is 4.28. The Bertz CT molecular complexity index is 1200. The first-order chi connectivity index (χ1) is 13.9. The molecule has 29 heavy (non-hydrogen) atoms. The molecule has 10 heteroatoms. The first-order valence-electron chi connectivity index (χ1n) is 8.67. The van der Waals surface area contributed by atoms with Gasteiger partial charge in [0.15, 0.2) is 5.69 Å². The summed E-state index contributed by atoms with van der Waals surface area (Å²) in [6.07, 6.45) is 0. The van der Waals surface area contributed by atoms with Crippen molar-refractivity contribution in [3.63, 3.8) is 0 Å². The Labute approximate surface area is 164 Å². The molecule has 0 spiro atoms. The normalized spacial score (nSPS) is 11.0. The minimum Gasteiger partial charge on any atom is -0.476 e. The number of carbonyl (C=O) groups is 1. The monoisotopic (exact) mass is 396 g/mol. The summed E-state index contributed by atoms with van der Waals surface area (Å²) in [6, 6.07) is 9.68. The molecule has 4 rings (SSSR count). The van der Waals surface area contributed by atoms with Gasteiger partial charge in [-0.05, 0) is 47.1 Å². The van der Waals surface area contributed by atoms with Gasteiger partial charge in [0.25, 0.3) is 11.8 Å². The summed E-state index contributed by atoms with van der Waals surface area (Å²) in [5, 5.41) is 23.2. The van der Waals surface area contributed by atoms with E-state index in [1.54, 1.807) is 43.3 Å². The second-order valence-electron chi connectivity index (χ2n) is 6.63. The van der Waals surface area contributed by atoms with Crippen molar-refractivity contribution in [1.82, 2.24) is 20.3 Å². The smallest absolute Gasteiger partial charge is 0.357 e. The van der Waals surface area contributed by atoms with Crippen molar-refractivity contribution < 1.29 is 18.8 Å². The molecule has 3 N–H and O–H groups in total. The molecule has 4 aromatic rings. The Kier molecular flexibility index (Phi) is 4.59. The van der Waals surface area contributed by atoms with Crippen molar-refractivity contribution in [3.05, 3.63) is 53.5 Å². The first kappa shape index (κ1) is 18.4. The fraction of sp³-hybridized carbons (Fsp3) is 0.158. The molecular formula is C19H17FN6O3. The van der Waals surface area contributed by atoms with Gasteiger partial charge in [-0.15, -0.1) is 0 Å². The van der Waals surface area contributed by atoms with E-state index in [-0.39, 0.29) is 11.6 Å². The van der Waals surface area contributed by atoms with Gasteiger partial charge in [0.1, 0.15) is 5.82 Å². The number of aromatic amines is 1. The predicted molar refractivity (Wildman–Crippen MR) is 104 cm³/mol. The van der Waals surface area contributed by atoms with E-state index in [1.165, 1.54) is 12.1 Å². The van der Waals surface area contributed by atoms with Gasteiger partial charge in [-0.1, -0.05) is 0 Å². The lowest BCUT2D eigenvalue weighted by atomic mass is 10.1. The van der Waals surface area contributed by atoms with Crippen LogP contribution in [-0.2, 0) is 6.54 Å². The SMILES string of the molecule is CN(C)c1noc(-c2cc(F)cc(CNc3ccc4[nH]nc(C(=O)O)c4c3)c2)n1. The van der Waals surface area contributed by atoms with Crippen LogP contribution in [0.1, 0.15) is 16.1 Å². The number of benzene rings is 2. The molecular weight excluding hydrogens is 379 g/mol. The highest BCUT2D eigenvalue weighted by Gasteiger charge is 2.14. The van der Waals surface area contributed by atoms with Crippen LogP contribution < -0.4 is 10.2 Å². The van der Waals surface area contributed by atoms with Crippen LogP contribution in [0.4, 0.5) is 16.0 Å². The first-order valence-corrected chi connectivity index (χ1v) is 8.67. The molecule has 0 bridgehead atoms. The van der Waals surface area contributed by atoms with Gasteiger partial charge in [0.05, 0.1) is 5.52 Å². The molecule has 0 saturated carbocycles. The number of carboxylic acids is 1. The average Bonchev–Trinajstić information content (AvgIpc) is 3.33. The van der Waals surface area contributed by atoms with Crippen LogP contribution >= 0.6 is 0 Å². The van der Waals surface area contributed by atoms with Crippen molar-refractivity contribution in [2.24, 2.45) is 0 Å². The van der Waals surface area contributed by atoms with Gasteiger partial charge < -0.3 is 19.8 Å². The van der Waals surface area contributed by atoms with E-state index in [4.69, 9.17) is 4.52 Å². The Hall–Kier alpha value is -3.95. The van der Waals surface area contributed by atoms with E-state index in [0.29, 0.717) is 40.2 Å². The number of aromatic nitrogens is 4. The minimum absolute atomic E-state index is 0.0511. The molecule has 0 amide bonds. The van der Waals surface area contributed by atoms with E-state index in [0.717, 1.165) is 0 Å². The Morgan fingerprint density at radius 3 is 2.83 bits per heavy atom. The molecule has 0 atom stereocenters. The van der Waals surface area contributed by atoms with Gasteiger partial charge in [-0.3, -0.25) is 5.10 Å². The number of nitrogens with one attached hydrogen (secondary N) is 2. The van der Waals surface area contributed by atoms with E-state index in [1.807, 2.05) is 0 Å². The number of rotatable bonds is 6. The zero-order valence-electron chi connectivity index (χ0n) is 15.6. The van der Waals surface area contributed by atoms with Crippen LogP contribution in [0.15, 0.2) is 40.9 Å². The third kappa shape index (κ3) is 3.72. The van der Waals surface area contributed by atoms with Crippen LogP contribution in [0.25, 0.3) is 22.4 Å². The summed E-state index contributed by atoms with van der Waals surface area (Å²) in [5.41, 5.74) is 2.38. The second kappa shape index (κ2) is 7.23. The Balaban J connectivity index is 1.57. The minimum atomic E-state index is -1.11. The summed E-state index contributed by atoms with van der Waals surface area (Å²) in [7, 11) is 3.56. The molecule has 0 radical (unpaired) electrons. The maximum absolute atomic E-state index is 14.1. The molecule has 0 aliphatic heterocycles. The number of nitrogens with zero attached hydrogens (tertiary/aromatic N) is 4. The highest BCUT2D eigenvalue weighted by atomic mass is 19.1. The molecule has 0 saturated heterocycles. The van der Waals surface area contributed by atoms with Crippen LogP contribution in [0.5, 0.6) is 0 Å². The fourth-order valence-corrected chi connectivity index (χ4v) is 2.88. The zero-order chi connectivity index (χ0) is 20.5. The maximum Gasteiger partial charge on any atom is 0.357 e. The zero-order valence-corrected chi connectivity index (χ0v) is 15.6. The average molecular weight is 396 g/mol. The number of hydrogen-bond donors (Lipinski definition) is 3. The highest BCUT2D eigenvalue weighted by molar-refractivity contribution is 6.01. The summed E-state index contributed by atoms with van der Waals surface area (Å²) in [5.74, 6) is -0.922. The Morgan fingerprint density at radius 2 is 2.10 bits per heavy atom. The molecule has 0 unspecified atom stereocenters. The third-order valence-corrected chi connectivity index (χ3v) is 4.28. The number of fused-ring (bicyclic) bond motifs is 1. The van der Waals surface area contributed by atoms with Crippen molar-refractivity contribution in [3.8, 4) is 11.5 Å². The van der Waals surface area contributed by atoms with E-state index in [2.05, 4.69) is 25.7 Å². The number of halogens is 1. The van der Waals surface area contributed by atoms with Crippen molar-refractivity contribution in [2.75, 3.05) is 24.3 Å². The number of H-pyrrole nitrogens is 1. The molecule has 9 nitrogen and oxygen atoms in total.